The third kappa shape index (κ3) is 5.89. The van der Waals surface area contributed by atoms with E-state index in [1.807, 2.05) is 12.1 Å². The standard InChI is InChI=1S/C25H33N3O5S/c1-32-24-10-9-23(34(30,31)28-12-2-3-13-28)18-21(24)6-11-25(29)26-19-20-4-7-22(8-5-20)27-14-16-33-17-15-27/h4-5,7-10,18H,2-3,6,11-17,19H2,1H3,(H,26,29). The van der Waals surface area contributed by atoms with Crippen LogP contribution in [0.4, 0.5) is 5.69 Å². The first-order valence-corrected chi connectivity index (χ1v) is 13.3. The summed E-state index contributed by atoms with van der Waals surface area (Å²) in [6.07, 6.45) is 2.42. The smallest absolute Gasteiger partial charge is 0.243 e. The van der Waals surface area contributed by atoms with Crippen LogP contribution in [0.1, 0.15) is 30.4 Å². The van der Waals surface area contributed by atoms with Gasteiger partial charge in [0.05, 0.1) is 25.2 Å². The second kappa shape index (κ2) is 11.2. The van der Waals surface area contributed by atoms with Crippen LogP contribution in [-0.2, 0) is 32.5 Å². The van der Waals surface area contributed by atoms with Crippen molar-refractivity contribution in [3.63, 3.8) is 0 Å². The van der Waals surface area contributed by atoms with Crippen molar-refractivity contribution in [1.29, 1.82) is 0 Å². The fraction of sp³-hybridized carbons (Fsp3) is 0.480. The lowest BCUT2D eigenvalue weighted by Crippen LogP contribution is -2.36. The minimum absolute atomic E-state index is 0.0906. The van der Waals surface area contributed by atoms with Crippen LogP contribution in [-0.4, -0.2) is 65.1 Å². The van der Waals surface area contributed by atoms with Crippen LogP contribution in [0.3, 0.4) is 0 Å². The molecule has 1 amide bonds. The number of sulfonamides is 1. The van der Waals surface area contributed by atoms with E-state index in [-0.39, 0.29) is 17.2 Å². The number of nitrogens with zero attached hydrogens (tertiary/aromatic N) is 2. The fourth-order valence-corrected chi connectivity index (χ4v) is 5.94. The summed E-state index contributed by atoms with van der Waals surface area (Å²) in [6.45, 7) is 4.83. The summed E-state index contributed by atoms with van der Waals surface area (Å²) in [7, 11) is -1.97. The molecule has 0 radical (unpaired) electrons. The molecule has 2 aliphatic heterocycles. The molecule has 2 saturated heterocycles. The number of hydrogen-bond acceptors (Lipinski definition) is 6. The number of ether oxygens (including phenoxy) is 2. The molecule has 0 aliphatic carbocycles. The maximum Gasteiger partial charge on any atom is 0.243 e. The minimum atomic E-state index is -3.52. The summed E-state index contributed by atoms with van der Waals surface area (Å²) in [5, 5.41) is 2.96. The molecular formula is C25H33N3O5S. The molecule has 2 heterocycles. The number of morpholine rings is 1. The average molecular weight is 488 g/mol. The van der Waals surface area contributed by atoms with Crippen LogP contribution < -0.4 is 15.0 Å². The van der Waals surface area contributed by atoms with Crippen molar-refractivity contribution >= 4 is 21.6 Å². The zero-order valence-electron chi connectivity index (χ0n) is 19.7. The van der Waals surface area contributed by atoms with Gasteiger partial charge in [-0.2, -0.15) is 4.31 Å². The highest BCUT2D eigenvalue weighted by Crippen LogP contribution is 2.27. The number of carbonyl (C=O) groups excluding carboxylic acids is 1. The van der Waals surface area contributed by atoms with Crippen molar-refractivity contribution < 1.29 is 22.7 Å². The monoisotopic (exact) mass is 487 g/mol. The van der Waals surface area contributed by atoms with Gasteiger partial charge >= 0.3 is 0 Å². The third-order valence-corrected chi connectivity index (χ3v) is 8.27. The molecule has 8 nitrogen and oxygen atoms in total. The van der Waals surface area contributed by atoms with Crippen LogP contribution in [0.2, 0.25) is 0 Å². The number of methoxy groups -OCH3 is 1. The van der Waals surface area contributed by atoms with Gasteiger partial charge in [-0.05, 0) is 60.7 Å². The topological polar surface area (TPSA) is 88.2 Å². The van der Waals surface area contributed by atoms with Gasteiger partial charge in [0, 0.05) is 44.8 Å². The average Bonchev–Trinajstić information content (AvgIpc) is 3.43. The van der Waals surface area contributed by atoms with Gasteiger partial charge < -0.3 is 19.7 Å². The maximum atomic E-state index is 12.9. The van der Waals surface area contributed by atoms with Crippen molar-refractivity contribution in [1.82, 2.24) is 9.62 Å². The molecule has 0 atom stereocenters. The van der Waals surface area contributed by atoms with Crippen LogP contribution >= 0.6 is 0 Å². The quantitative estimate of drug-likeness (QED) is 0.585. The number of rotatable bonds is 9. The molecule has 0 unspecified atom stereocenters. The minimum Gasteiger partial charge on any atom is -0.496 e. The zero-order chi connectivity index (χ0) is 24.0. The van der Waals surface area contributed by atoms with Gasteiger partial charge in [0.1, 0.15) is 5.75 Å². The molecule has 2 aromatic rings. The second-order valence-corrected chi connectivity index (χ2v) is 10.6. The largest absolute Gasteiger partial charge is 0.496 e. The molecule has 0 spiro atoms. The van der Waals surface area contributed by atoms with Gasteiger partial charge in [-0.15, -0.1) is 0 Å². The van der Waals surface area contributed by atoms with E-state index in [0.29, 0.717) is 37.4 Å². The van der Waals surface area contributed by atoms with E-state index in [1.54, 1.807) is 25.3 Å². The Morgan fingerprint density at radius 1 is 1.03 bits per heavy atom. The zero-order valence-corrected chi connectivity index (χ0v) is 20.5. The van der Waals surface area contributed by atoms with E-state index in [0.717, 1.165) is 50.4 Å². The Morgan fingerprint density at radius 2 is 1.74 bits per heavy atom. The lowest BCUT2D eigenvalue weighted by atomic mass is 10.1. The van der Waals surface area contributed by atoms with Crippen molar-refractivity contribution in [3.05, 3.63) is 53.6 Å². The highest BCUT2D eigenvalue weighted by Gasteiger charge is 2.27. The lowest BCUT2D eigenvalue weighted by molar-refractivity contribution is -0.121. The predicted molar refractivity (Wildman–Crippen MR) is 131 cm³/mol. The highest BCUT2D eigenvalue weighted by atomic mass is 32.2. The molecule has 0 aromatic heterocycles. The molecular weight excluding hydrogens is 454 g/mol. The Labute approximate surface area is 201 Å². The summed E-state index contributed by atoms with van der Waals surface area (Å²) < 4.78 is 38.1. The Balaban J connectivity index is 1.32. The number of amides is 1. The van der Waals surface area contributed by atoms with E-state index in [9.17, 15) is 13.2 Å². The van der Waals surface area contributed by atoms with Gasteiger partial charge in [0.15, 0.2) is 0 Å². The Morgan fingerprint density at radius 3 is 2.41 bits per heavy atom. The predicted octanol–water partition coefficient (Wildman–Crippen LogP) is 2.57. The van der Waals surface area contributed by atoms with Crippen LogP contribution in [0.5, 0.6) is 5.75 Å². The number of benzene rings is 2. The fourth-order valence-electron chi connectivity index (χ4n) is 4.37. The molecule has 2 aromatic carbocycles. The van der Waals surface area contributed by atoms with Gasteiger partial charge in [-0.1, -0.05) is 12.1 Å². The summed E-state index contributed by atoms with van der Waals surface area (Å²) in [5.74, 6) is 0.499. The van der Waals surface area contributed by atoms with E-state index < -0.39 is 10.0 Å². The van der Waals surface area contributed by atoms with Crippen molar-refractivity contribution in [2.24, 2.45) is 0 Å². The molecule has 0 saturated carbocycles. The number of nitrogens with one attached hydrogen (secondary N) is 1. The first-order chi connectivity index (χ1) is 16.5. The maximum absolute atomic E-state index is 12.9. The number of anilines is 1. The Kier molecular flexibility index (Phi) is 8.07. The summed E-state index contributed by atoms with van der Waals surface area (Å²) >= 11 is 0. The summed E-state index contributed by atoms with van der Waals surface area (Å²) in [4.78, 5) is 15.0. The molecule has 2 aliphatic rings. The Hall–Kier alpha value is -2.62. The molecule has 184 valence electrons. The van der Waals surface area contributed by atoms with E-state index in [4.69, 9.17) is 9.47 Å². The van der Waals surface area contributed by atoms with Crippen molar-refractivity contribution in [2.45, 2.75) is 37.1 Å². The summed E-state index contributed by atoms with van der Waals surface area (Å²) in [6, 6.07) is 13.1. The van der Waals surface area contributed by atoms with Crippen LogP contribution in [0.25, 0.3) is 0 Å². The lowest BCUT2D eigenvalue weighted by Gasteiger charge is -2.28. The van der Waals surface area contributed by atoms with E-state index >= 15 is 0 Å². The molecule has 34 heavy (non-hydrogen) atoms. The van der Waals surface area contributed by atoms with Crippen molar-refractivity contribution in [3.8, 4) is 5.75 Å². The highest BCUT2D eigenvalue weighted by molar-refractivity contribution is 7.89. The first kappa shape index (κ1) is 24.5. The van der Waals surface area contributed by atoms with E-state index in [2.05, 4.69) is 22.3 Å². The van der Waals surface area contributed by atoms with Gasteiger partial charge in [0.25, 0.3) is 0 Å². The van der Waals surface area contributed by atoms with Gasteiger partial charge in [-0.25, -0.2) is 8.42 Å². The number of hydrogen-bond donors (Lipinski definition) is 1. The number of carbonyl (C=O) groups is 1. The van der Waals surface area contributed by atoms with Crippen LogP contribution in [0.15, 0.2) is 47.4 Å². The molecule has 2 fully saturated rings. The van der Waals surface area contributed by atoms with Crippen molar-refractivity contribution in [2.75, 3.05) is 51.4 Å². The van der Waals surface area contributed by atoms with Gasteiger partial charge in [0.2, 0.25) is 15.9 Å². The second-order valence-electron chi connectivity index (χ2n) is 8.63. The SMILES string of the molecule is COc1ccc(S(=O)(=O)N2CCCC2)cc1CCC(=O)NCc1ccc(N2CCOCC2)cc1. The van der Waals surface area contributed by atoms with Gasteiger partial charge in [-0.3, -0.25) is 4.79 Å². The Bertz CT molecular complexity index is 1080. The molecule has 9 heteroatoms. The van der Waals surface area contributed by atoms with E-state index in [1.165, 1.54) is 4.31 Å². The molecule has 4 rings (SSSR count). The molecule has 1 N–H and O–H groups in total. The summed E-state index contributed by atoms with van der Waals surface area (Å²) in [5.41, 5.74) is 2.91. The first-order valence-electron chi connectivity index (χ1n) is 11.8. The number of aryl methyl sites for hydroxylation is 1. The third-order valence-electron chi connectivity index (χ3n) is 6.38. The van der Waals surface area contributed by atoms with Crippen LogP contribution in [0, 0.1) is 0 Å². The molecule has 0 bridgehead atoms. The normalized spacial score (nSPS) is 17.0.